The van der Waals surface area contributed by atoms with Gasteiger partial charge in [0.05, 0.1) is 15.7 Å². The van der Waals surface area contributed by atoms with Crippen LogP contribution in [0.15, 0.2) is 30.3 Å². The van der Waals surface area contributed by atoms with Gasteiger partial charge in [-0.1, -0.05) is 35.3 Å². The number of aromatic nitrogens is 1. The maximum Gasteiger partial charge on any atom is 0.143 e. The first-order chi connectivity index (χ1) is 7.58. The second kappa shape index (κ2) is 4.28. The smallest absolute Gasteiger partial charge is 0.143 e. The third kappa shape index (κ3) is 2.10. The first-order valence-electron chi connectivity index (χ1n) is 4.45. The number of hydrogen-bond donors (Lipinski definition) is 1. The van der Waals surface area contributed by atoms with Crippen LogP contribution in [0.1, 0.15) is 0 Å². The summed E-state index contributed by atoms with van der Waals surface area (Å²) in [5.41, 5.74) is 6.55. The fourth-order valence-corrected chi connectivity index (χ4v) is 1.79. The maximum atomic E-state index is 13.0. The lowest BCUT2D eigenvalue weighted by atomic mass is 10.1. The number of nitrogens with two attached hydrogens (primary N) is 1. The van der Waals surface area contributed by atoms with Gasteiger partial charge in [-0.2, -0.15) is 0 Å². The van der Waals surface area contributed by atoms with Crippen molar-refractivity contribution < 1.29 is 4.39 Å². The molecule has 0 aliphatic carbocycles. The Morgan fingerprint density at radius 1 is 1.12 bits per heavy atom. The van der Waals surface area contributed by atoms with Gasteiger partial charge in [0.1, 0.15) is 11.6 Å². The molecule has 0 unspecified atom stereocenters. The van der Waals surface area contributed by atoms with Crippen LogP contribution in [0.4, 0.5) is 10.2 Å². The van der Waals surface area contributed by atoms with Crippen molar-refractivity contribution >= 4 is 29.0 Å². The van der Waals surface area contributed by atoms with Gasteiger partial charge in [-0.05, 0) is 18.2 Å². The highest BCUT2D eigenvalue weighted by Crippen LogP contribution is 2.31. The Morgan fingerprint density at radius 3 is 2.56 bits per heavy atom. The molecule has 2 rings (SSSR count). The number of halogens is 3. The Balaban J connectivity index is 2.60. The molecular weight excluding hydrogens is 250 g/mol. The molecule has 2 aromatic rings. The van der Waals surface area contributed by atoms with E-state index in [1.54, 1.807) is 12.1 Å². The molecule has 5 heteroatoms. The Kier molecular flexibility index (Phi) is 2.99. The number of hydrogen-bond acceptors (Lipinski definition) is 2. The van der Waals surface area contributed by atoms with E-state index in [-0.39, 0.29) is 16.7 Å². The van der Waals surface area contributed by atoms with Gasteiger partial charge in [0.25, 0.3) is 0 Å². The van der Waals surface area contributed by atoms with Crippen molar-refractivity contribution in [2.24, 2.45) is 0 Å². The molecule has 2 nitrogen and oxygen atoms in total. The van der Waals surface area contributed by atoms with E-state index in [1.807, 2.05) is 0 Å². The average molecular weight is 257 g/mol. The number of rotatable bonds is 1. The predicted octanol–water partition coefficient (Wildman–Crippen LogP) is 3.78. The first kappa shape index (κ1) is 11.2. The Labute approximate surface area is 102 Å². The normalized spacial score (nSPS) is 10.4. The number of benzene rings is 1. The monoisotopic (exact) mass is 256 g/mol. The standard InChI is InChI=1S/C11H7Cl2FN2/c12-8-5-9(13)11(15)16-10(8)6-2-1-3-7(14)4-6/h1-5H,(H2,15,16). The molecule has 82 valence electrons. The molecule has 0 saturated heterocycles. The van der Waals surface area contributed by atoms with Crippen molar-refractivity contribution in [3.63, 3.8) is 0 Å². The Morgan fingerprint density at radius 2 is 1.88 bits per heavy atom. The summed E-state index contributed by atoms with van der Waals surface area (Å²) in [7, 11) is 0. The lowest BCUT2D eigenvalue weighted by Crippen LogP contribution is -1.94. The summed E-state index contributed by atoms with van der Waals surface area (Å²) in [4.78, 5) is 4.03. The molecule has 0 aliphatic heterocycles. The molecule has 1 heterocycles. The quantitative estimate of drug-likeness (QED) is 0.844. The third-order valence-electron chi connectivity index (χ3n) is 2.05. The van der Waals surface area contributed by atoms with Gasteiger partial charge in [0.2, 0.25) is 0 Å². The van der Waals surface area contributed by atoms with E-state index in [2.05, 4.69) is 4.98 Å². The molecule has 0 amide bonds. The fourth-order valence-electron chi connectivity index (χ4n) is 1.32. The van der Waals surface area contributed by atoms with Crippen LogP contribution in [0.5, 0.6) is 0 Å². The van der Waals surface area contributed by atoms with Crippen LogP contribution in [0.2, 0.25) is 10.0 Å². The van der Waals surface area contributed by atoms with E-state index < -0.39 is 0 Å². The summed E-state index contributed by atoms with van der Waals surface area (Å²) in [6.07, 6.45) is 0. The van der Waals surface area contributed by atoms with E-state index in [4.69, 9.17) is 28.9 Å². The fraction of sp³-hybridized carbons (Fsp3) is 0. The number of nitrogens with zero attached hydrogens (tertiary/aromatic N) is 1. The zero-order valence-electron chi connectivity index (χ0n) is 8.05. The van der Waals surface area contributed by atoms with Gasteiger partial charge >= 0.3 is 0 Å². The molecule has 2 N–H and O–H groups in total. The summed E-state index contributed by atoms with van der Waals surface area (Å²) in [5, 5.41) is 0.620. The van der Waals surface area contributed by atoms with E-state index in [0.29, 0.717) is 16.3 Å². The maximum absolute atomic E-state index is 13.0. The number of anilines is 1. The minimum atomic E-state index is -0.358. The van der Waals surface area contributed by atoms with Gasteiger partial charge < -0.3 is 5.73 Å². The van der Waals surface area contributed by atoms with E-state index in [1.165, 1.54) is 18.2 Å². The number of nitrogen functional groups attached to an aromatic ring is 1. The highest BCUT2D eigenvalue weighted by Gasteiger charge is 2.09. The molecule has 0 aliphatic rings. The second-order valence-electron chi connectivity index (χ2n) is 3.20. The highest BCUT2D eigenvalue weighted by molar-refractivity contribution is 6.37. The molecule has 1 aromatic heterocycles. The van der Waals surface area contributed by atoms with Crippen LogP contribution in [0.3, 0.4) is 0 Å². The zero-order valence-corrected chi connectivity index (χ0v) is 9.56. The number of pyridine rings is 1. The minimum absolute atomic E-state index is 0.172. The van der Waals surface area contributed by atoms with Crippen LogP contribution in [0, 0.1) is 5.82 Å². The Bertz CT molecular complexity index is 544. The summed E-state index contributed by atoms with van der Waals surface area (Å²) in [6.45, 7) is 0. The van der Waals surface area contributed by atoms with E-state index in [0.717, 1.165) is 0 Å². The van der Waals surface area contributed by atoms with Crippen LogP contribution >= 0.6 is 23.2 Å². The van der Waals surface area contributed by atoms with Gasteiger partial charge in [0.15, 0.2) is 0 Å². The zero-order chi connectivity index (χ0) is 11.7. The summed E-state index contributed by atoms with van der Waals surface area (Å²) >= 11 is 11.7. The van der Waals surface area contributed by atoms with Gasteiger partial charge in [-0.3, -0.25) is 0 Å². The first-order valence-corrected chi connectivity index (χ1v) is 5.21. The lowest BCUT2D eigenvalue weighted by Gasteiger charge is -2.06. The van der Waals surface area contributed by atoms with Gasteiger partial charge in [0, 0.05) is 5.56 Å². The molecule has 0 saturated carbocycles. The van der Waals surface area contributed by atoms with Crippen molar-refractivity contribution in [1.29, 1.82) is 0 Å². The largest absolute Gasteiger partial charge is 0.382 e. The third-order valence-corrected chi connectivity index (χ3v) is 2.65. The van der Waals surface area contributed by atoms with E-state index >= 15 is 0 Å². The predicted molar refractivity (Wildman–Crippen MR) is 64.1 cm³/mol. The Hall–Kier alpha value is -1.32. The SMILES string of the molecule is Nc1nc(-c2cccc(F)c2)c(Cl)cc1Cl. The van der Waals surface area contributed by atoms with E-state index in [9.17, 15) is 4.39 Å². The molecule has 0 spiro atoms. The van der Waals surface area contributed by atoms with Crippen molar-refractivity contribution in [3.05, 3.63) is 46.2 Å². The lowest BCUT2D eigenvalue weighted by molar-refractivity contribution is 0.628. The summed E-state index contributed by atoms with van der Waals surface area (Å²) in [6, 6.07) is 7.45. The average Bonchev–Trinajstić information content (AvgIpc) is 2.23. The van der Waals surface area contributed by atoms with Gasteiger partial charge in [-0.25, -0.2) is 9.37 Å². The van der Waals surface area contributed by atoms with Crippen LogP contribution in [-0.2, 0) is 0 Å². The van der Waals surface area contributed by atoms with Crippen LogP contribution < -0.4 is 5.73 Å². The van der Waals surface area contributed by atoms with Crippen LogP contribution in [0.25, 0.3) is 11.3 Å². The molecule has 0 bridgehead atoms. The van der Waals surface area contributed by atoms with Crippen molar-refractivity contribution in [2.75, 3.05) is 5.73 Å². The van der Waals surface area contributed by atoms with Crippen LogP contribution in [-0.4, -0.2) is 4.98 Å². The van der Waals surface area contributed by atoms with Crippen molar-refractivity contribution in [3.8, 4) is 11.3 Å². The minimum Gasteiger partial charge on any atom is -0.382 e. The molecule has 0 radical (unpaired) electrons. The summed E-state index contributed by atoms with van der Waals surface area (Å²) in [5.74, 6) is -0.186. The molecule has 0 fully saturated rings. The van der Waals surface area contributed by atoms with Crippen molar-refractivity contribution in [2.45, 2.75) is 0 Å². The molecule has 0 atom stereocenters. The van der Waals surface area contributed by atoms with Crippen molar-refractivity contribution in [1.82, 2.24) is 4.98 Å². The van der Waals surface area contributed by atoms with Gasteiger partial charge in [-0.15, -0.1) is 0 Å². The topological polar surface area (TPSA) is 38.9 Å². The molecule has 16 heavy (non-hydrogen) atoms. The summed E-state index contributed by atoms with van der Waals surface area (Å²) < 4.78 is 13.0. The molecular formula is C11H7Cl2FN2. The molecule has 1 aromatic carbocycles. The second-order valence-corrected chi connectivity index (χ2v) is 4.01. The highest BCUT2D eigenvalue weighted by atomic mass is 35.5.